The number of hydrogen-bond donors (Lipinski definition) is 0. The maximum absolute atomic E-state index is 2.47. The molecule has 0 atom stereocenters. The van der Waals surface area contributed by atoms with Gasteiger partial charge in [0.05, 0.1) is 0 Å². The molecule has 11 heavy (non-hydrogen) atoms. The Bertz CT molecular complexity index is 146. The SMILES string of the molecule is CC(C)(C)C1=CCCCCC1. The molecule has 1 aliphatic carbocycles. The summed E-state index contributed by atoms with van der Waals surface area (Å²) in [5, 5.41) is 0. The third-order valence-corrected chi connectivity index (χ3v) is 2.50. The van der Waals surface area contributed by atoms with Gasteiger partial charge in [-0.2, -0.15) is 0 Å². The number of rotatable bonds is 0. The summed E-state index contributed by atoms with van der Waals surface area (Å²) < 4.78 is 0. The van der Waals surface area contributed by atoms with E-state index in [0.717, 1.165) is 0 Å². The minimum absolute atomic E-state index is 0.421. The van der Waals surface area contributed by atoms with Gasteiger partial charge in [0.15, 0.2) is 0 Å². The molecule has 0 nitrogen and oxygen atoms in total. The lowest BCUT2D eigenvalue weighted by atomic mass is 9.84. The summed E-state index contributed by atoms with van der Waals surface area (Å²) >= 11 is 0. The van der Waals surface area contributed by atoms with Crippen LogP contribution < -0.4 is 0 Å². The van der Waals surface area contributed by atoms with E-state index < -0.39 is 0 Å². The van der Waals surface area contributed by atoms with Crippen LogP contribution in [0.15, 0.2) is 11.6 Å². The van der Waals surface area contributed by atoms with Crippen LogP contribution in [0.1, 0.15) is 52.9 Å². The molecule has 0 heteroatoms. The molecule has 0 aromatic rings. The van der Waals surface area contributed by atoms with Gasteiger partial charge >= 0.3 is 0 Å². The molecule has 0 saturated carbocycles. The van der Waals surface area contributed by atoms with Crippen LogP contribution in [0.5, 0.6) is 0 Å². The Morgan fingerprint density at radius 1 is 1.09 bits per heavy atom. The van der Waals surface area contributed by atoms with Crippen molar-refractivity contribution in [3.63, 3.8) is 0 Å². The van der Waals surface area contributed by atoms with Gasteiger partial charge in [0.1, 0.15) is 0 Å². The van der Waals surface area contributed by atoms with Crippen LogP contribution in [-0.4, -0.2) is 0 Å². The van der Waals surface area contributed by atoms with E-state index in [1.54, 1.807) is 5.57 Å². The zero-order chi connectivity index (χ0) is 8.32. The highest BCUT2D eigenvalue weighted by Crippen LogP contribution is 2.32. The Kier molecular flexibility index (Phi) is 2.75. The molecule has 0 fully saturated rings. The van der Waals surface area contributed by atoms with Crippen LogP contribution >= 0.6 is 0 Å². The quantitative estimate of drug-likeness (QED) is 0.461. The summed E-state index contributed by atoms with van der Waals surface area (Å²) in [6.07, 6.45) is 9.35. The third-order valence-electron chi connectivity index (χ3n) is 2.50. The predicted molar refractivity (Wildman–Crippen MR) is 50.6 cm³/mol. The minimum atomic E-state index is 0.421. The van der Waals surface area contributed by atoms with Crippen molar-refractivity contribution in [2.75, 3.05) is 0 Å². The topological polar surface area (TPSA) is 0 Å². The molecule has 1 aliphatic rings. The highest BCUT2D eigenvalue weighted by atomic mass is 14.2. The van der Waals surface area contributed by atoms with E-state index in [1.807, 2.05) is 0 Å². The molecule has 0 heterocycles. The largest absolute Gasteiger partial charge is 0.0848 e. The van der Waals surface area contributed by atoms with Crippen LogP contribution in [0.25, 0.3) is 0 Å². The van der Waals surface area contributed by atoms with Crippen LogP contribution in [-0.2, 0) is 0 Å². The fraction of sp³-hybridized carbons (Fsp3) is 0.818. The summed E-state index contributed by atoms with van der Waals surface area (Å²) in [4.78, 5) is 0. The normalized spacial score (nSPS) is 20.8. The molecule has 0 aromatic heterocycles. The molecular weight excluding hydrogens is 132 g/mol. The number of allylic oxidation sites excluding steroid dienone is 2. The first kappa shape index (κ1) is 8.83. The van der Waals surface area contributed by atoms with Crippen LogP contribution in [0.4, 0.5) is 0 Å². The lowest BCUT2D eigenvalue weighted by Crippen LogP contribution is -2.08. The van der Waals surface area contributed by atoms with E-state index in [9.17, 15) is 0 Å². The van der Waals surface area contributed by atoms with Crippen LogP contribution in [0.2, 0.25) is 0 Å². The van der Waals surface area contributed by atoms with Gasteiger partial charge in [-0.1, -0.05) is 38.8 Å². The van der Waals surface area contributed by atoms with Gasteiger partial charge in [-0.15, -0.1) is 0 Å². The first-order chi connectivity index (χ1) is 5.11. The van der Waals surface area contributed by atoms with Crippen molar-refractivity contribution >= 4 is 0 Å². The Morgan fingerprint density at radius 3 is 2.45 bits per heavy atom. The second-order valence-corrected chi connectivity index (χ2v) is 4.58. The fourth-order valence-corrected chi connectivity index (χ4v) is 1.70. The lowest BCUT2D eigenvalue weighted by molar-refractivity contribution is 0.478. The average Bonchev–Trinajstić information content (AvgIpc) is 2.10. The predicted octanol–water partition coefficient (Wildman–Crippen LogP) is 3.92. The van der Waals surface area contributed by atoms with Crippen LogP contribution in [0.3, 0.4) is 0 Å². The Hall–Kier alpha value is -0.260. The van der Waals surface area contributed by atoms with Crippen molar-refractivity contribution in [2.24, 2.45) is 5.41 Å². The molecular formula is C11H20. The average molecular weight is 152 g/mol. The van der Waals surface area contributed by atoms with Crippen molar-refractivity contribution in [1.29, 1.82) is 0 Å². The molecule has 1 rings (SSSR count). The molecule has 0 unspecified atom stereocenters. The third kappa shape index (κ3) is 2.69. The van der Waals surface area contributed by atoms with E-state index in [2.05, 4.69) is 26.8 Å². The summed E-state index contributed by atoms with van der Waals surface area (Å²) in [6.45, 7) is 6.97. The standard InChI is InChI=1S/C11H20/c1-11(2,3)10-8-6-4-5-7-9-10/h8H,4-7,9H2,1-3H3. The first-order valence-corrected chi connectivity index (χ1v) is 4.80. The lowest BCUT2D eigenvalue weighted by Gasteiger charge is -2.22. The highest BCUT2D eigenvalue weighted by Gasteiger charge is 2.16. The van der Waals surface area contributed by atoms with Gasteiger partial charge in [-0.05, 0) is 31.1 Å². The van der Waals surface area contributed by atoms with Gasteiger partial charge in [0.2, 0.25) is 0 Å². The van der Waals surface area contributed by atoms with Crippen LogP contribution in [0, 0.1) is 5.41 Å². The molecule has 0 aliphatic heterocycles. The zero-order valence-electron chi connectivity index (χ0n) is 8.11. The maximum atomic E-state index is 2.47. The smallest absolute Gasteiger partial charge is 0.0173 e. The zero-order valence-corrected chi connectivity index (χ0v) is 8.11. The van der Waals surface area contributed by atoms with E-state index >= 15 is 0 Å². The van der Waals surface area contributed by atoms with E-state index in [1.165, 1.54) is 32.1 Å². The first-order valence-electron chi connectivity index (χ1n) is 4.80. The Morgan fingerprint density at radius 2 is 1.82 bits per heavy atom. The second kappa shape index (κ2) is 3.42. The maximum Gasteiger partial charge on any atom is -0.0173 e. The molecule has 0 N–H and O–H groups in total. The Labute approximate surface area is 70.7 Å². The molecule has 0 bridgehead atoms. The summed E-state index contributed by atoms with van der Waals surface area (Å²) in [6, 6.07) is 0. The second-order valence-electron chi connectivity index (χ2n) is 4.58. The van der Waals surface area contributed by atoms with Crippen molar-refractivity contribution in [2.45, 2.75) is 52.9 Å². The molecule has 64 valence electrons. The van der Waals surface area contributed by atoms with Crippen molar-refractivity contribution in [1.82, 2.24) is 0 Å². The van der Waals surface area contributed by atoms with Gasteiger partial charge < -0.3 is 0 Å². The van der Waals surface area contributed by atoms with E-state index in [4.69, 9.17) is 0 Å². The number of hydrogen-bond acceptors (Lipinski definition) is 0. The molecule has 0 spiro atoms. The highest BCUT2D eigenvalue weighted by molar-refractivity contribution is 5.11. The van der Waals surface area contributed by atoms with Crippen molar-refractivity contribution in [3.8, 4) is 0 Å². The van der Waals surface area contributed by atoms with E-state index in [0.29, 0.717) is 5.41 Å². The van der Waals surface area contributed by atoms with Crippen molar-refractivity contribution < 1.29 is 0 Å². The van der Waals surface area contributed by atoms with Crippen molar-refractivity contribution in [3.05, 3.63) is 11.6 Å². The van der Waals surface area contributed by atoms with Gasteiger partial charge in [-0.25, -0.2) is 0 Å². The summed E-state index contributed by atoms with van der Waals surface area (Å²) in [7, 11) is 0. The summed E-state index contributed by atoms with van der Waals surface area (Å²) in [5.41, 5.74) is 2.10. The molecule has 0 saturated heterocycles. The minimum Gasteiger partial charge on any atom is -0.0848 e. The van der Waals surface area contributed by atoms with Gasteiger partial charge in [0.25, 0.3) is 0 Å². The van der Waals surface area contributed by atoms with Gasteiger partial charge in [-0.3, -0.25) is 0 Å². The van der Waals surface area contributed by atoms with E-state index in [-0.39, 0.29) is 0 Å². The molecule has 0 aromatic carbocycles. The van der Waals surface area contributed by atoms with Gasteiger partial charge in [0, 0.05) is 0 Å². The fourth-order valence-electron chi connectivity index (χ4n) is 1.70. The Balaban J connectivity index is 2.61. The molecule has 0 radical (unpaired) electrons. The molecule has 0 amide bonds. The summed E-state index contributed by atoms with van der Waals surface area (Å²) in [5.74, 6) is 0. The monoisotopic (exact) mass is 152 g/mol.